The van der Waals surface area contributed by atoms with E-state index in [0.717, 1.165) is 10.3 Å². The second kappa shape index (κ2) is 5.18. The molecule has 5 nitrogen and oxygen atoms in total. The summed E-state index contributed by atoms with van der Waals surface area (Å²) in [6.45, 7) is 4.45. The van der Waals surface area contributed by atoms with Gasteiger partial charge in [0, 0.05) is 12.1 Å². The standard InChI is InChI=1S/C11H18BrN5/c1-7-4-3-5-8(2)17(7)16-11-9(12)10(13)14-6-15-11/h6-8H,3-5H2,1-2H3,(H3,13,14,15,16). The van der Waals surface area contributed by atoms with Crippen LogP contribution in [-0.4, -0.2) is 27.1 Å². The van der Waals surface area contributed by atoms with Crippen LogP contribution in [0.25, 0.3) is 0 Å². The van der Waals surface area contributed by atoms with Crippen molar-refractivity contribution in [2.45, 2.75) is 45.2 Å². The molecule has 1 saturated heterocycles. The Bertz CT molecular complexity index is 387. The van der Waals surface area contributed by atoms with Crippen molar-refractivity contribution in [3.8, 4) is 0 Å². The normalized spacial score (nSPS) is 25.8. The smallest absolute Gasteiger partial charge is 0.160 e. The van der Waals surface area contributed by atoms with Crippen molar-refractivity contribution in [3.63, 3.8) is 0 Å². The van der Waals surface area contributed by atoms with E-state index < -0.39 is 0 Å². The highest BCUT2D eigenvalue weighted by molar-refractivity contribution is 9.10. The average molecular weight is 300 g/mol. The van der Waals surface area contributed by atoms with E-state index in [1.807, 2.05) is 0 Å². The number of aromatic nitrogens is 2. The Morgan fingerprint density at radius 3 is 2.65 bits per heavy atom. The summed E-state index contributed by atoms with van der Waals surface area (Å²) in [4.78, 5) is 8.14. The van der Waals surface area contributed by atoms with Crippen LogP contribution in [0, 0.1) is 0 Å². The van der Waals surface area contributed by atoms with E-state index in [1.165, 1.54) is 25.6 Å². The Balaban J connectivity index is 2.16. The van der Waals surface area contributed by atoms with Crippen molar-refractivity contribution >= 4 is 27.6 Å². The average Bonchev–Trinajstić information content (AvgIpc) is 2.29. The van der Waals surface area contributed by atoms with Crippen LogP contribution in [0.2, 0.25) is 0 Å². The van der Waals surface area contributed by atoms with Gasteiger partial charge in [-0.25, -0.2) is 15.0 Å². The molecule has 6 heteroatoms. The predicted octanol–water partition coefficient (Wildman–Crippen LogP) is 2.41. The summed E-state index contributed by atoms with van der Waals surface area (Å²) in [5.74, 6) is 1.19. The van der Waals surface area contributed by atoms with E-state index >= 15 is 0 Å². The van der Waals surface area contributed by atoms with Gasteiger partial charge < -0.3 is 11.2 Å². The fourth-order valence-electron chi connectivity index (χ4n) is 2.23. The third kappa shape index (κ3) is 2.69. The number of halogens is 1. The summed E-state index contributed by atoms with van der Waals surface area (Å²) in [7, 11) is 0. The molecule has 0 saturated carbocycles. The third-order valence-corrected chi connectivity index (χ3v) is 4.03. The minimum atomic E-state index is 0.458. The van der Waals surface area contributed by atoms with Crippen LogP contribution in [0.5, 0.6) is 0 Å². The molecule has 0 spiro atoms. The minimum Gasteiger partial charge on any atom is -0.383 e. The van der Waals surface area contributed by atoms with Gasteiger partial charge in [0.2, 0.25) is 0 Å². The largest absolute Gasteiger partial charge is 0.383 e. The minimum absolute atomic E-state index is 0.458. The summed E-state index contributed by atoms with van der Waals surface area (Å²) >= 11 is 3.41. The lowest BCUT2D eigenvalue weighted by Gasteiger charge is -2.39. The van der Waals surface area contributed by atoms with Crippen molar-refractivity contribution in [2.24, 2.45) is 0 Å². The monoisotopic (exact) mass is 299 g/mol. The Morgan fingerprint density at radius 2 is 2.00 bits per heavy atom. The zero-order chi connectivity index (χ0) is 12.4. The number of nitrogens with two attached hydrogens (primary N) is 1. The molecule has 2 heterocycles. The van der Waals surface area contributed by atoms with E-state index in [0.29, 0.717) is 17.9 Å². The lowest BCUT2D eigenvalue weighted by atomic mass is 10.00. The first-order valence-corrected chi connectivity index (χ1v) is 6.70. The summed E-state index contributed by atoms with van der Waals surface area (Å²) in [6, 6.07) is 1.00. The molecular weight excluding hydrogens is 282 g/mol. The molecular formula is C11H18BrN5. The second-order valence-corrected chi connectivity index (χ2v) is 5.36. The van der Waals surface area contributed by atoms with Crippen LogP contribution in [0.3, 0.4) is 0 Å². The second-order valence-electron chi connectivity index (χ2n) is 4.57. The summed E-state index contributed by atoms with van der Waals surface area (Å²) in [6.07, 6.45) is 5.17. The fourth-order valence-corrected chi connectivity index (χ4v) is 2.52. The van der Waals surface area contributed by atoms with E-state index in [1.54, 1.807) is 0 Å². The molecule has 0 aliphatic carbocycles. The molecule has 0 radical (unpaired) electrons. The van der Waals surface area contributed by atoms with Crippen LogP contribution in [0.15, 0.2) is 10.8 Å². The van der Waals surface area contributed by atoms with E-state index in [2.05, 4.69) is 50.2 Å². The molecule has 2 atom stereocenters. The number of rotatable bonds is 2. The number of hydrogen-bond acceptors (Lipinski definition) is 5. The molecule has 0 amide bonds. The molecule has 2 rings (SSSR count). The Labute approximate surface area is 110 Å². The first kappa shape index (κ1) is 12.6. The summed E-state index contributed by atoms with van der Waals surface area (Å²) in [5, 5.41) is 2.25. The van der Waals surface area contributed by atoms with Crippen molar-refractivity contribution in [3.05, 3.63) is 10.8 Å². The Kier molecular flexibility index (Phi) is 3.83. The zero-order valence-corrected chi connectivity index (χ0v) is 11.7. The maximum atomic E-state index is 5.74. The summed E-state index contributed by atoms with van der Waals surface area (Å²) in [5.41, 5.74) is 9.08. The molecule has 1 aliphatic rings. The van der Waals surface area contributed by atoms with Gasteiger partial charge in [-0.15, -0.1) is 0 Å². The van der Waals surface area contributed by atoms with Gasteiger partial charge in [0.05, 0.1) is 0 Å². The van der Waals surface area contributed by atoms with Gasteiger partial charge in [0.1, 0.15) is 16.6 Å². The topological polar surface area (TPSA) is 67.1 Å². The quantitative estimate of drug-likeness (QED) is 0.878. The molecule has 1 aromatic heterocycles. The molecule has 0 aromatic carbocycles. The molecule has 1 aromatic rings. The van der Waals surface area contributed by atoms with E-state index in [9.17, 15) is 0 Å². The molecule has 2 unspecified atom stereocenters. The highest BCUT2D eigenvalue weighted by atomic mass is 79.9. The lowest BCUT2D eigenvalue weighted by molar-refractivity contribution is 0.135. The SMILES string of the molecule is CC1CCCC(C)N1Nc1ncnc(N)c1Br. The number of piperidine rings is 1. The Morgan fingerprint density at radius 1 is 1.35 bits per heavy atom. The van der Waals surface area contributed by atoms with Crippen LogP contribution in [0.4, 0.5) is 11.6 Å². The number of hydrazine groups is 1. The van der Waals surface area contributed by atoms with Gasteiger partial charge in [-0.05, 0) is 42.6 Å². The number of hydrogen-bond donors (Lipinski definition) is 2. The van der Waals surface area contributed by atoms with Gasteiger partial charge >= 0.3 is 0 Å². The fraction of sp³-hybridized carbons (Fsp3) is 0.636. The predicted molar refractivity (Wildman–Crippen MR) is 72.4 cm³/mol. The van der Waals surface area contributed by atoms with Gasteiger partial charge in [-0.2, -0.15) is 0 Å². The van der Waals surface area contributed by atoms with Crippen molar-refractivity contribution in [1.29, 1.82) is 0 Å². The zero-order valence-electron chi connectivity index (χ0n) is 10.2. The van der Waals surface area contributed by atoms with E-state index in [4.69, 9.17) is 5.73 Å². The molecule has 1 fully saturated rings. The highest BCUT2D eigenvalue weighted by Crippen LogP contribution is 2.28. The highest BCUT2D eigenvalue weighted by Gasteiger charge is 2.25. The summed E-state index contributed by atoms with van der Waals surface area (Å²) < 4.78 is 0.727. The number of nitrogen functional groups attached to an aromatic ring is 1. The first-order chi connectivity index (χ1) is 8.09. The van der Waals surface area contributed by atoms with Crippen LogP contribution in [0.1, 0.15) is 33.1 Å². The number of nitrogens with one attached hydrogen (secondary N) is 1. The molecule has 0 bridgehead atoms. The van der Waals surface area contributed by atoms with Gasteiger partial charge in [-0.1, -0.05) is 6.42 Å². The van der Waals surface area contributed by atoms with Crippen molar-refractivity contribution in [1.82, 2.24) is 15.0 Å². The molecule has 17 heavy (non-hydrogen) atoms. The van der Waals surface area contributed by atoms with Gasteiger partial charge in [0.25, 0.3) is 0 Å². The Hall–Kier alpha value is -0.880. The van der Waals surface area contributed by atoms with E-state index in [-0.39, 0.29) is 0 Å². The lowest BCUT2D eigenvalue weighted by Crippen LogP contribution is -2.47. The van der Waals surface area contributed by atoms with Crippen LogP contribution >= 0.6 is 15.9 Å². The van der Waals surface area contributed by atoms with Crippen molar-refractivity contribution < 1.29 is 0 Å². The molecule has 1 aliphatic heterocycles. The van der Waals surface area contributed by atoms with Gasteiger partial charge in [-0.3, -0.25) is 0 Å². The van der Waals surface area contributed by atoms with Crippen molar-refractivity contribution in [2.75, 3.05) is 11.2 Å². The van der Waals surface area contributed by atoms with Gasteiger partial charge in [0.15, 0.2) is 5.82 Å². The maximum absolute atomic E-state index is 5.74. The number of anilines is 2. The maximum Gasteiger partial charge on any atom is 0.160 e. The van der Waals surface area contributed by atoms with Crippen LogP contribution < -0.4 is 11.2 Å². The molecule has 94 valence electrons. The third-order valence-electron chi connectivity index (χ3n) is 3.24. The molecule has 3 N–H and O–H groups in total. The van der Waals surface area contributed by atoms with Crippen LogP contribution in [-0.2, 0) is 0 Å². The first-order valence-electron chi connectivity index (χ1n) is 5.90. The number of nitrogens with zero attached hydrogens (tertiary/aromatic N) is 3.